The number of benzene rings is 4. The topological polar surface area (TPSA) is 27.6 Å². The molecule has 1 fully saturated rings. The SMILES string of the molecule is c1ccc(C(c2ccccc2)C2CN3CC(C(c4ccccc4)c4ccccc4)NC3=N2)cc1. The van der Waals surface area contributed by atoms with Gasteiger partial charge in [-0.25, -0.2) is 4.99 Å². The molecule has 0 saturated carbocycles. The van der Waals surface area contributed by atoms with Crippen molar-refractivity contribution in [2.24, 2.45) is 4.99 Å². The van der Waals surface area contributed by atoms with Crippen LogP contribution in [0.15, 0.2) is 126 Å². The minimum Gasteiger partial charge on any atom is -0.351 e. The van der Waals surface area contributed by atoms with Crippen molar-refractivity contribution in [3.05, 3.63) is 144 Å². The van der Waals surface area contributed by atoms with Crippen LogP contribution in [0.5, 0.6) is 0 Å². The van der Waals surface area contributed by atoms with Gasteiger partial charge in [-0.05, 0) is 22.3 Å². The molecule has 4 aromatic carbocycles. The van der Waals surface area contributed by atoms with Gasteiger partial charge in [0.05, 0.1) is 12.1 Å². The number of guanidine groups is 1. The zero-order valence-corrected chi connectivity index (χ0v) is 19.2. The molecule has 3 nitrogen and oxygen atoms in total. The molecule has 0 radical (unpaired) electrons. The Bertz CT molecular complexity index is 1160. The Morgan fingerprint density at radius 3 is 1.38 bits per heavy atom. The van der Waals surface area contributed by atoms with Crippen LogP contribution in [0, 0.1) is 0 Å². The lowest BCUT2D eigenvalue weighted by atomic mass is 9.84. The Hall–Kier alpha value is -3.85. The van der Waals surface area contributed by atoms with E-state index in [1.54, 1.807) is 0 Å². The van der Waals surface area contributed by atoms with Gasteiger partial charge in [0, 0.05) is 24.9 Å². The van der Waals surface area contributed by atoms with Crippen molar-refractivity contribution in [3.8, 4) is 0 Å². The maximum absolute atomic E-state index is 5.25. The molecular weight excluding hydrogens is 414 g/mol. The highest BCUT2D eigenvalue weighted by Gasteiger charge is 2.41. The van der Waals surface area contributed by atoms with Gasteiger partial charge in [-0.1, -0.05) is 121 Å². The van der Waals surface area contributed by atoms with Crippen molar-refractivity contribution in [3.63, 3.8) is 0 Å². The third-order valence-electron chi connectivity index (χ3n) is 7.15. The second-order valence-electron chi connectivity index (χ2n) is 9.27. The molecule has 1 N–H and O–H groups in total. The van der Waals surface area contributed by atoms with Crippen LogP contribution < -0.4 is 5.32 Å². The molecule has 1 saturated heterocycles. The van der Waals surface area contributed by atoms with Gasteiger partial charge in [-0.2, -0.15) is 0 Å². The molecule has 4 aromatic rings. The molecule has 168 valence electrons. The third-order valence-corrected chi connectivity index (χ3v) is 7.15. The lowest BCUT2D eigenvalue weighted by molar-refractivity contribution is 0.399. The molecule has 6 rings (SSSR count). The summed E-state index contributed by atoms with van der Waals surface area (Å²) in [6.07, 6.45) is 0. The fraction of sp³-hybridized carbons (Fsp3) is 0.194. The number of hydrogen-bond acceptors (Lipinski definition) is 3. The monoisotopic (exact) mass is 443 g/mol. The molecule has 2 atom stereocenters. The van der Waals surface area contributed by atoms with Crippen molar-refractivity contribution in [1.29, 1.82) is 0 Å². The Morgan fingerprint density at radius 1 is 0.559 bits per heavy atom. The van der Waals surface area contributed by atoms with Crippen LogP contribution in [0.1, 0.15) is 34.1 Å². The van der Waals surface area contributed by atoms with Crippen LogP contribution in [-0.2, 0) is 0 Å². The van der Waals surface area contributed by atoms with Crippen molar-refractivity contribution < 1.29 is 0 Å². The molecule has 2 unspecified atom stereocenters. The number of nitrogens with one attached hydrogen (secondary N) is 1. The second kappa shape index (κ2) is 9.18. The quantitative estimate of drug-likeness (QED) is 0.416. The van der Waals surface area contributed by atoms with Gasteiger partial charge in [0.15, 0.2) is 5.96 Å². The van der Waals surface area contributed by atoms with Gasteiger partial charge in [-0.3, -0.25) is 0 Å². The fourth-order valence-electron chi connectivity index (χ4n) is 5.63. The predicted molar refractivity (Wildman–Crippen MR) is 139 cm³/mol. The van der Waals surface area contributed by atoms with Crippen LogP contribution in [0.2, 0.25) is 0 Å². The summed E-state index contributed by atoms with van der Waals surface area (Å²) < 4.78 is 0. The van der Waals surface area contributed by atoms with E-state index in [0.29, 0.717) is 0 Å². The molecule has 2 aliphatic heterocycles. The number of aliphatic imine (C=N–C) groups is 1. The fourth-order valence-corrected chi connectivity index (χ4v) is 5.63. The number of nitrogens with zero attached hydrogens (tertiary/aromatic N) is 2. The van der Waals surface area contributed by atoms with Crippen molar-refractivity contribution in [2.45, 2.75) is 23.9 Å². The largest absolute Gasteiger partial charge is 0.351 e. The van der Waals surface area contributed by atoms with E-state index in [4.69, 9.17) is 4.99 Å². The Morgan fingerprint density at radius 2 is 0.971 bits per heavy atom. The van der Waals surface area contributed by atoms with E-state index in [1.807, 2.05) is 0 Å². The second-order valence-corrected chi connectivity index (χ2v) is 9.27. The first-order valence-electron chi connectivity index (χ1n) is 12.2. The Labute approximate surface area is 201 Å². The molecule has 0 aromatic heterocycles. The van der Waals surface area contributed by atoms with Gasteiger partial charge in [-0.15, -0.1) is 0 Å². The molecule has 0 amide bonds. The van der Waals surface area contributed by atoms with E-state index in [9.17, 15) is 0 Å². The van der Waals surface area contributed by atoms with E-state index < -0.39 is 0 Å². The summed E-state index contributed by atoms with van der Waals surface area (Å²) in [7, 11) is 0. The Balaban J connectivity index is 1.30. The highest BCUT2D eigenvalue weighted by molar-refractivity contribution is 5.85. The first kappa shape index (κ1) is 20.7. The summed E-state index contributed by atoms with van der Waals surface area (Å²) in [5.74, 6) is 1.58. The first-order chi connectivity index (χ1) is 16.9. The van der Waals surface area contributed by atoms with E-state index in [2.05, 4.69) is 132 Å². The Kier molecular flexibility index (Phi) is 5.60. The van der Waals surface area contributed by atoms with E-state index in [-0.39, 0.29) is 23.9 Å². The summed E-state index contributed by atoms with van der Waals surface area (Å²) >= 11 is 0. The van der Waals surface area contributed by atoms with E-state index in [1.165, 1.54) is 22.3 Å². The van der Waals surface area contributed by atoms with Gasteiger partial charge in [0.25, 0.3) is 0 Å². The van der Waals surface area contributed by atoms with Crippen LogP contribution in [0.3, 0.4) is 0 Å². The summed E-state index contributed by atoms with van der Waals surface area (Å²) in [6, 6.07) is 43.8. The molecule has 0 spiro atoms. The molecule has 3 heteroatoms. The maximum Gasteiger partial charge on any atom is 0.194 e. The smallest absolute Gasteiger partial charge is 0.194 e. The summed E-state index contributed by atoms with van der Waals surface area (Å²) in [5.41, 5.74) is 5.34. The highest BCUT2D eigenvalue weighted by Crippen LogP contribution is 2.36. The van der Waals surface area contributed by atoms with Crippen molar-refractivity contribution >= 4 is 5.96 Å². The third kappa shape index (κ3) is 3.99. The van der Waals surface area contributed by atoms with Crippen LogP contribution in [-0.4, -0.2) is 36.0 Å². The average Bonchev–Trinajstić information content (AvgIpc) is 3.46. The number of fused-ring (bicyclic) bond motifs is 1. The predicted octanol–water partition coefficient (Wildman–Crippen LogP) is 5.66. The van der Waals surface area contributed by atoms with Crippen molar-refractivity contribution in [1.82, 2.24) is 10.2 Å². The van der Waals surface area contributed by atoms with E-state index in [0.717, 1.165) is 19.0 Å². The van der Waals surface area contributed by atoms with Gasteiger partial charge in [0.1, 0.15) is 0 Å². The number of rotatable bonds is 6. The zero-order chi connectivity index (χ0) is 22.7. The molecular formula is C31H29N3. The maximum atomic E-state index is 5.25. The summed E-state index contributed by atoms with van der Waals surface area (Å²) in [6.45, 7) is 1.89. The van der Waals surface area contributed by atoms with Crippen molar-refractivity contribution in [2.75, 3.05) is 13.1 Å². The summed E-state index contributed by atoms with van der Waals surface area (Å²) in [4.78, 5) is 7.71. The van der Waals surface area contributed by atoms with Gasteiger partial charge < -0.3 is 10.2 Å². The van der Waals surface area contributed by atoms with Crippen LogP contribution >= 0.6 is 0 Å². The van der Waals surface area contributed by atoms with Gasteiger partial charge in [0.2, 0.25) is 0 Å². The molecule has 34 heavy (non-hydrogen) atoms. The highest BCUT2D eigenvalue weighted by atomic mass is 15.4. The zero-order valence-electron chi connectivity index (χ0n) is 19.2. The lowest BCUT2D eigenvalue weighted by Gasteiger charge is -2.27. The first-order valence-corrected chi connectivity index (χ1v) is 12.2. The molecule has 2 heterocycles. The lowest BCUT2D eigenvalue weighted by Crippen LogP contribution is -2.34. The summed E-state index contributed by atoms with van der Waals surface area (Å²) in [5, 5.41) is 3.81. The van der Waals surface area contributed by atoms with Crippen LogP contribution in [0.25, 0.3) is 0 Å². The molecule has 0 aliphatic carbocycles. The standard InChI is InChI=1S/C31H29N3/c1-5-13-23(14-6-1)29(24-15-7-2-8-16-24)27-21-34-22-28(33-31(34)32-27)30(25-17-9-3-10-18-25)26-19-11-4-12-20-26/h1-20,27-30H,21-22H2,(H,32,33). The normalized spacial score (nSPS) is 19.2. The average molecular weight is 444 g/mol. The number of hydrogen-bond donors (Lipinski definition) is 1. The van der Waals surface area contributed by atoms with E-state index >= 15 is 0 Å². The van der Waals surface area contributed by atoms with Gasteiger partial charge >= 0.3 is 0 Å². The minimum absolute atomic E-state index is 0.195. The molecule has 2 aliphatic rings. The minimum atomic E-state index is 0.195. The van der Waals surface area contributed by atoms with Crippen LogP contribution in [0.4, 0.5) is 0 Å². The molecule has 0 bridgehead atoms.